The smallest absolute Gasteiger partial charge is 0.251 e. The van der Waals surface area contributed by atoms with Crippen LogP contribution in [0.2, 0.25) is 0 Å². The molecule has 2 unspecified atom stereocenters. The van der Waals surface area contributed by atoms with Gasteiger partial charge in [0.25, 0.3) is 5.91 Å². The first-order valence-corrected chi connectivity index (χ1v) is 9.47. The van der Waals surface area contributed by atoms with Crippen LogP contribution in [0.4, 0.5) is 5.69 Å². The maximum absolute atomic E-state index is 12.9. The van der Waals surface area contributed by atoms with Crippen molar-refractivity contribution in [3.05, 3.63) is 65.2 Å². The lowest BCUT2D eigenvalue weighted by molar-refractivity contribution is -0.118. The molecule has 0 aliphatic carbocycles. The highest BCUT2D eigenvalue weighted by molar-refractivity contribution is 5.99. The van der Waals surface area contributed by atoms with Gasteiger partial charge in [-0.25, -0.2) is 0 Å². The Morgan fingerprint density at radius 1 is 1.04 bits per heavy atom. The summed E-state index contributed by atoms with van der Waals surface area (Å²) < 4.78 is 0. The minimum atomic E-state index is -0.0430. The Morgan fingerprint density at radius 2 is 1.81 bits per heavy atom. The lowest BCUT2D eigenvalue weighted by Crippen LogP contribution is -2.39. The van der Waals surface area contributed by atoms with Crippen LogP contribution in [-0.4, -0.2) is 49.9 Å². The molecule has 0 spiro atoms. The summed E-state index contributed by atoms with van der Waals surface area (Å²) in [6.45, 7) is 1.78. The van der Waals surface area contributed by atoms with E-state index in [4.69, 9.17) is 0 Å². The number of hydrogen-bond acceptors (Lipinski definition) is 3. The number of nitrogens with zero attached hydrogens (tertiary/aromatic N) is 2. The molecule has 140 valence electrons. The van der Waals surface area contributed by atoms with Gasteiger partial charge in [0.15, 0.2) is 0 Å². The summed E-state index contributed by atoms with van der Waals surface area (Å²) >= 11 is 0. The summed E-state index contributed by atoms with van der Waals surface area (Å²) in [7, 11) is 3.88. The molecule has 0 saturated carbocycles. The van der Waals surface area contributed by atoms with Gasteiger partial charge in [0.2, 0.25) is 5.91 Å². The fourth-order valence-electron chi connectivity index (χ4n) is 4.23. The van der Waals surface area contributed by atoms with E-state index >= 15 is 0 Å². The zero-order valence-corrected chi connectivity index (χ0v) is 15.8. The second-order valence-corrected chi connectivity index (χ2v) is 7.61. The number of rotatable bonds is 3. The molecule has 0 radical (unpaired) electrons. The van der Waals surface area contributed by atoms with Crippen LogP contribution in [0.25, 0.3) is 0 Å². The highest BCUT2D eigenvalue weighted by Gasteiger charge is 2.33. The van der Waals surface area contributed by atoms with Crippen molar-refractivity contribution in [2.45, 2.75) is 24.8 Å². The van der Waals surface area contributed by atoms with E-state index in [0.29, 0.717) is 24.3 Å². The van der Waals surface area contributed by atoms with Crippen LogP contribution >= 0.6 is 0 Å². The number of likely N-dealkylation sites (tertiary alicyclic amines) is 1. The van der Waals surface area contributed by atoms with Crippen molar-refractivity contribution in [3.63, 3.8) is 0 Å². The molecule has 27 heavy (non-hydrogen) atoms. The Labute approximate surface area is 160 Å². The average molecular weight is 363 g/mol. The molecule has 1 saturated heterocycles. The molecule has 1 fully saturated rings. The second kappa shape index (κ2) is 7.16. The maximum atomic E-state index is 12.9. The Morgan fingerprint density at radius 3 is 2.59 bits per heavy atom. The van der Waals surface area contributed by atoms with Gasteiger partial charge in [-0.3, -0.25) is 9.59 Å². The molecular formula is C22H25N3O2. The molecule has 2 amide bonds. The van der Waals surface area contributed by atoms with Crippen molar-refractivity contribution in [1.29, 1.82) is 0 Å². The van der Waals surface area contributed by atoms with E-state index in [9.17, 15) is 9.59 Å². The number of nitrogens with one attached hydrogen (secondary N) is 1. The summed E-state index contributed by atoms with van der Waals surface area (Å²) in [6, 6.07) is 16.1. The average Bonchev–Trinajstić information content (AvgIpc) is 3.05. The molecular weight excluding hydrogens is 338 g/mol. The van der Waals surface area contributed by atoms with E-state index in [1.807, 2.05) is 36.4 Å². The third kappa shape index (κ3) is 3.47. The monoisotopic (exact) mass is 363 g/mol. The molecule has 2 aliphatic heterocycles. The molecule has 2 atom stereocenters. The van der Waals surface area contributed by atoms with Crippen molar-refractivity contribution in [2.24, 2.45) is 0 Å². The van der Waals surface area contributed by atoms with Crippen LogP contribution in [0.1, 0.15) is 33.8 Å². The Bertz CT molecular complexity index is 865. The number of fused-ring (bicyclic) bond motifs is 1. The van der Waals surface area contributed by atoms with E-state index in [0.717, 1.165) is 24.3 Å². The topological polar surface area (TPSA) is 52.7 Å². The fourth-order valence-corrected chi connectivity index (χ4v) is 4.23. The first kappa shape index (κ1) is 17.7. The van der Waals surface area contributed by atoms with Crippen LogP contribution in [0, 0.1) is 0 Å². The number of carbonyl (C=O) groups is 2. The molecule has 5 nitrogen and oxygen atoms in total. The van der Waals surface area contributed by atoms with Crippen LogP contribution in [-0.2, 0) is 11.2 Å². The van der Waals surface area contributed by atoms with Crippen molar-refractivity contribution >= 4 is 17.5 Å². The Balaban J connectivity index is 1.53. The zero-order valence-electron chi connectivity index (χ0n) is 15.8. The van der Waals surface area contributed by atoms with Gasteiger partial charge in [-0.05, 0) is 42.8 Å². The molecule has 0 aromatic heterocycles. The van der Waals surface area contributed by atoms with Crippen molar-refractivity contribution in [1.82, 2.24) is 10.2 Å². The molecule has 2 aromatic carbocycles. The zero-order chi connectivity index (χ0) is 19.0. The standard InChI is InChI=1S/C22H25N3O2/c1-24-13-18(15-6-4-3-5-7-15)19(14-24)23-22(27)17-8-10-20-16(12-17)9-11-21(26)25(20)2/h3-8,10,12,18-19H,9,11,13-14H2,1-2H3,(H,23,27). The van der Waals surface area contributed by atoms with E-state index < -0.39 is 0 Å². The highest BCUT2D eigenvalue weighted by Crippen LogP contribution is 2.29. The molecule has 2 heterocycles. The van der Waals surface area contributed by atoms with Crippen molar-refractivity contribution in [2.75, 3.05) is 32.1 Å². The second-order valence-electron chi connectivity index (χ2n) is 7.61. The number of likely N-dealkylation sites (N-methyl/N-ethyl adjacent to an activating group) is 1. The van der Waals surface area contributed by atoms with E-state index in [-0.39, 0.29) is 17.9 Å². The Kier molecular flexibility index (Phi) is 4.70. The molecule has 1 N–H and O–H groups in total. The fraction of sp³-hybridized carbons (Fsp3) is 0.364. The van der Waals surface area contributed by atoms with Crippen LogP contribution < -0.4 is 10.2 Å². The lowest BCUT2D eigenvalue weighted by Gasteiger charge is -2.26. The normalized spacial score (nSPS) is 22.6. The predicted octanol–water partition coefficient (Wildman–Crippen LogP) is 2.42. The number of anilines is 1. The van der Waals surface area contributed by atoms with Gasteiger partial charge < -0.3 is 15.1 Å². The van der Waals surface area contributed by atoms with Gasteiger partial charge >= 0.3 is 0 Å². The number of aryl methyl sites for hydroxylation is 1. The van der Waals surface area contributed by atoms with E-state index in [1.54, 1.807) is 11.9 Å². The van der Waals surface area contributed by atoms with Crippen molar-refractivity contribution in [3.8, 4) is 0 Å². The van der Waals surface area contributed by atoms with E-state index in [1.165, 1.54) is 5.56 Å². The minimum Gasteiger partial charge on any atom is -0.347 e. The van der Waals surface area contributed by atoms with Gasteiger partial charge in [-0.1, -0.05) is 30.3 Å². The van der Waals surface area contributed by atoms with Gasteiger partial charge in [0.1, 0.15) is 0 Å². The molecule has 5 heteroatoms. The summed E-state index contributed by atoms with van der Waals surface area (Å²) in [6.07, 6.45) is 1.19. The van der Waals surface area contributed by atoms with Crippen LogP contribution in [0.15, 0.2) is 48.5 Å². The third-order valence-corrected chi connectivity index (χ3v) is 5.73. The molecule has 2 aromatic rings. The van der Waals surface area contributed by atoms with Gasteiger partial charge in [0, 0.05) is 49.8 Å². The highest BCUT2D eigenvalue weighted by atomic mass is 16.2. The van der Waals surface area contributed by atoms with Crippen molar-refractivity contribution < 1.29 is 9.59 Å². The number of benzene rings is 2. The predicted molar refractivity (Wildman–Crippen MR) is 106 cm³/mol. The van der Waals surface area contributed by atoms with Gasteiger partial charge in [-0.15, -0.1) is 0 Å². The number of amides is 2. The summed E-state index contributed by atoms with van der Waals surface area (Å²) in [4.78, 5) is 28.7. The quantitative estimate of drug-likeness (QED) is 0.911. The number of carbonyl (C=O) groups excluding carboxylic acids is 2. The van der Waals surface area contributed by atoms with Gasteiger partial charge in [-0.2, -0.15) is 0 Å². The minimum absolute atomic E-state index is 0.0430. The van der Waals surface area contributed by atoms with E-state index in [2.05, 4.69) is 29.4 Å². The summed E-state index contributed by atoms with van der Waals surface area (Å²) in [5.41, 5.74) is 3.90. The molecule has 2 aliphatic rings. The maximum Gasteiger partial charge on any atom is 0.251 e. The Hall–Kier alpha value is -2.66. The summed E-state index contributed by atoms with van der Waals surface area (Å²) in [5, 5.41) is 3.24. The molecule has 0 bridgehead atoms. The molecule has 4 rings (SSSR count). The number of hydrogen-bond donors (Lipinski definition) is 1. The van der Waals surface area contributed by atoms with Crippen LogP contribution in [0.5, 0.6) is 0 Å². The third-order valence-electron chi connectivity index (χ3n) is 5.73. The first-order valence-electron chi connectivity index (χ1n) is 9.47. The van der Waals surface area contributed by atoms with Crippen LogP contribution in [0.3, 0.4) is 0 Å². The summed E-state index contributed by atoms with van der Waals surface area (Å²) in [5.74, 6) is 0.375. The lowest BCUT2D eigenvalue weighted by atomic mass is 9.94. The largest absolute Gasteiger partial charge is 0.347 e. The first-order chi connectivity index (χ1) is 13.0. The van der Waals surface area contributed by atoms with Gasteiger partial charge in [0.05, 0.1) is 0 Å². The SMILES string of the molecule is CN1CC(NC(=O)c2ccc3c(c2)CCC(=O)N3C)C(c2ccccc2)C1.